The summed E-state index contributed by atoms with van der Waals surface area (Å²) in [4.78, 5) is 12.2. The van der Waals surface area contributed by atoms with Gasteiger partial charge in [-0.25, -0.2) is 10.3 Å². The second kappa shape index (κ2) is 2.57. The summed E-state index contributed by atoms with van der Waals surface area (Å²) in [6, 6.07) is 0.518. The summed E-state index contributed by atoms with van der Waals surface area (Å²) in [7, 11) is 0. The van der Waals surface area contributed by atoms with Crippen molar-refractivity contribution in [3.8, 4) is 0 Å². The standard InChI is InChI=1S/C8H9N6/c9-8-13-6-5(10-3-11-6)7(14-8)12-4-1-2-4/h3-4H,1-2H2,(H3,9,12,13,14). The van der Waals surface area contributed by atoms with Crippen LogP contribution in [0.5, 0.6) is 0 Å². The molecule has 71 valence electrons. The van der Waals surface area contributed by atoms with Crippen molar-refractivity contribution in [2.24, 2.45) is 4.99 Å². The summed E-state index contributed by atoms with van der Waals surface area (Å²) in [5, 5.41) is 7.24. The highest BCUT2D eigenvalue weighted by molar-refractivity contribution is 5.86. The number of anilines is 2. The molecule has 1 aromatic heterocycles. The van der Waals surface area contributed by atoms with Gasteiger partial charge in [0.25, 0.3) is 0 Å². The van der Waals surface area contributed by atoms with E-state index in [1.807, 2.05) is 0 Å². The highest BCUT2D eigenvalue weighted by atomic mass is 15.2. The lowest BCUT2D eigenvalue weighted by Crippen LogP contribution is -2.06. The highest BCUT2D eigenvalue weighted by Gasteiger charge is 2.25. The number of rotatable bonds is 2. The molecule has 1 aliphatic heterocycles. The minimum Gasteiger partial charge on any atom is -0.368 e. The molecule has 14 heavy (non-hydrogen) atoms. The number of aromatic nitrogens is 2. The molecule has 6 nitrogen and oxygen atoms in total. The molecule has 3 N–H and O–H groups in total. The van der Waals surface area contributed by atoms with Crippen LogP contribution in [0.1, 0.15) is 12.8 Å². The molecule has 0 aromatic carbocycles. The molecule has 1 radical (unpaired) electrons. The van der Waals surface area contributed by atoms with Crippen LogP contribution in [0.2, 0.25) is 0 Å². The summed E-state index contributed by atoms with van der Waals surface area (Å²) >= 11 is 0. The molecule has 1 fully saturated rings. The first-order valence-corrected chi connectivity index (χ1v) is 4.50. The van der Waals surface area contributed by atoms with Gasteiger partial charge in [-0.05, 0) is 12.8 Å². The first-order valence-electron chi connectivity index (χ1n) is 4.50. The lowest BCUT2D eigenvalue weighted by molar-refractivity contribution is 1.08. The number of hydrogen-bond acceptors (Lipinski definition) is 5. The molecule has 0 amide bonds. The van der Waals surface area contributed by atoms with Crippen molar-refractivity contribution < 1.29 is 0 Å². The Kier molecular flexibility index (Phi) is 1.38. The molecule has 2 aliphatic rings. The van der Waals surface area contributed by atoms with E-state index in [1.165, 1.54) is 19.2 Å². The smallest absolute Gasteiger partial charge is 0.224 e. The topological polar surface area (TPSA) is 90.3 Å². The summed E-state index contributed by atoms with van der Waals surface area (Å²) in [6.07, 6.45) is 3.83. The third-order valence-corrected chi connectivity index (χ3v) is 2.17. The van der Waals surface area contributed by atoms with Crippen LogP contribution in [0.3, 0.4) is 0 Å². The first kappa shape index (κ1) is 7.54. The van der Waals surface area contributed by atoms with Crippen molar-refractivity contribution >= 4 is 29.6 Å². The van der Waals surface area contributed by atoms with Gasteiger partial charge in [-0.1, -0.05) is 0 Å². The normalized spacial score (nSPS) is 17.7. The van der Waals surface area contributed by atoms with Crippen LogP contribution in [0, 0.1) is 0 Å². The van der Waals surface area contributed by atoms with Crippen molar-refractivity contribution in [3.63, 3.8) is 0 Å². The van der Waals surface area contributed by atoms with Gasteiger partial charge in [0.15, 0.2) is 17.3 Å². The molecule has 0 spiro atoms. The van der Waals surface area contributed by atoms with Crippen molar-refractivity contribution in [2.45, 2.75) is 18.9 Å². The van der Waals surface area contributed by atoms with Gasteiger partial charge >= 0.3 is 0 Å². The van der Waals surface area contributed by atoms with E-state index in [1.54, 1.807) is 0 Å². The van der Waals surface area contributed by atoms with Gasteiger partial charge in [-0.15, -0.1) is 0 Å². The van der Waals surface area contributed by atoms with Gasteiger partial charge in [0.1, 0.15) is 6.34 Å². The number of nitrogens with two attached hydrogens (primary N) is 1. The maximum absolute atomic E-state index is 5.55. The van der Waals surface area contributed by atoms with Crippen molar-refractivity contribution in [2.75, 3.05) is 11.1 Å². The molecule has 3 rings (SSSR count). The maximum Gasteiger partial charge on any atom is 0.224 e. The van der Waals surface area contributed by atoms with Gasteiger partial charge in [0, 0.05) is 6.04 Å². The van der Waals surface area contributed by atoms with E-state index in [0.717, 1.165) is 0 Å². The molecule has 0 atom stereocenters. The molecular formula is C8H9N6. The van der Waals surface area contributed by atoms with E-state index < -0.39 is 0 Å². The molecule has 0 bridgehead atoms. The third kappa shape index (κ3) is 1.15. The molecular weight excluding hydrogens is 180 g/mol. The molecule has 6 heteroatoms. The number of nitrogens with one attached hydrogen (secondary N) is 1. The van der Waals surface area contributed by atoms with E-state index in [-0.39, 0.29) is 5.95 Å². The van der Waals surface area contributed by atoms with E-state index in [9.17, 15) is 0 Å². The largest absolute Gasteiger partial charge is 0.368 e. The highest BCUT2D eigenvalue weighted by Crippen LogP contribution is 2.36. The van der Waals surface area contributed by atoms with Gasteiger partial charge in [-0.2, -0.15) is 9.97 Å². The van der Waals surface area contributed by atoms with Crippen LogP contribution in [0.15, 0.2) is 4.99 Å². The Morgan fingerprint density at radius 2 is 2.21 bits per heavy atom. The maximum atomic E-state index is 5.55. The van der Waals surface area contributed by atoms with Crippen LogP contribution in [-0.2, 0) is 0 Å². The fourth-order valence-corrected chi connectivity index (χ4v) is 1.33. The van der Waals surface area contributed by atoms with E-state index >= 15 is 0 Å². The SMILES string of the molecule is Nc1nc2c(c(NC3CC3)n1)N=C[N]2. The summed E-state index contributed by atoms with van der Waals surface area (Å²) in [5.74, 6) is 1.49. The second-order valence-corrected chi connectivity index (χ2v) is 3.39. The molecule has 2 heterocycles. The second-order valence-electron chi connectivity index (χ2n) is 3.39. The molecule has 1 aliphatic carbocycles. The van der Waals surface area contributed by atoms with Gasteiger partial charge < -0.3 is 11.1 Å². The number of nitrogen functional groups attached to an aromatic ring is 1. The van der Waals surface area contributed by atoms with E-state index in [4.69, 9.17) is 5.73 Å². The first-order chi connectivity index (χ1) is 6.83. The average Bonchev–Trinajstić information content (AvgIpc) is 2.81. The minimum atomic E-state index is 0.237. The van der Waals surface area contributed by atoms with E-state index in [2.05, 4.69) is 25.6 Å². The fraction of sp³-hybridized carbons (Fsp3) is 0.375. The number of fused-ring (bicyclic) bond motifs is 1. The van der Waals surface area contributed by atoms with Gasteiger partial charge in [-0.3, -0.25) is 0 Å². The van der Waals surface area contributed by atoms with Crippen molar-refractivity contribution in [3.05, 3.63) is 0 Å². The van der Waals surface area contributed by atoms with Crippen molar-refractivity contribution in [1.82, 2.24) is 15.3 Å². The predicted molar refractivity (Wildman–Crippen MR) is 53.0 cm³/mol. The molecule has 1 saturated carbocycles. The lowest BCUT2D eigenvalue weighted by Gasteiger charge is -2.06. The minimum absolute atomic E-state index is 0.237. The number of aliphatic imine (C=N–C) groups is 1. The van der Waals surface area contributed by atoms with Crippen LogP contribution in [0.4, 0.5) is 23.3 Å². The lowest BCUT2D eigenvalue weighted by atomic mass is 10.4. The van der Waals surface area contributed by atoms with Crippen LogP contribution in [-0.4, -0.2) is 22.3 Å². The molecule has 0 unspecified atom stereocenters. The van der Waals surface area contributed by atoms with Crippen LogP contribution < -0.4 is 16.4 Å². The molecule has 1 aromatic rings. The Balaban J connectivity index is 2.02. The Morgan fingerprint density at radius 3 is 3.00 bits per heavy atom. The van der Waals surface area contributed by atoms with Crippen LogP contribution >= 0.6 is 0 Å². The molecule has 0 saturated heterocycles. The zero-order valence-corrected chi connectivity index (χ0v) is 7.44. The zero-order valence-electron chi connectivity index (χ0n) is 7.44. The Morgan fingerprint density at radius 1 is 1.36 bits per heavy atom. The summed E-state index contributed by atoms with van der Waals surface area (Å²) in [5.41, 5.74) is 6.25. The predicted octanol–water partition coefficient (Wildman–Crippen LogP) is 0.542. The van der Waals surface area contributed by atoms with E-state index in [0.29, 0.717) is 23.4 Å². The van der Waals surface area contributed by atoms with Crippen LogP contribution in [0.25, 0.3) is 0 Å². The number of hydrogen-bond donors (Lipinski definition) is 2. The summed E-state index contributed by atoms with van der Waals surface area (Å²) < 4.78 is 0. The van der Waals surface area contributed by atoms with Crippen molar-refractivity contribution in [1.29, 1.82) is 0 Å². The van der Waals surface area contributed by atoms with Gasteiger partial charge in [0.05, 0.1) is 0 Å². The van der Waals surface area contributed by atoms with Gasteiger partial charge in [0.2, 0.25) is 5.95 Å². The zero-order chi connectivity index (χ0) is 9.54. The third-order valence-electron chi connectivity index (χ3n) is 2.17. The Labute approximate surface area is 80.7 Å². The quantitative estimate of drug-likeness (QED) is 0.710. The summed E-state index contributed by atoms with van der Waals surface area (Å²) in [6.45, 7) is 0. The number of nitrogens with zero attached hydrogens (tertiary/aromatic N) is 4. The Hall–Kier alpha value is -1.85. The Bertz CT molecular complexity index is 409. The average molecular weight is 189 g/mol. The monoisotopic (exact) mass is 189 g/mol. The fourth-order valence-electron chi connectivity index (χ4n) is 1.33.